The Morgan fingerprint density at radius 1 is 1.71 bits per heavy atom. The van der Waals surface area contributed by atoms with Crippen molar-refractivity contribution in [3.8, 4) is 0 Å². The van der Waals surface area contributed by atoms with Gasteiger partial charge in [-0.3, -0.25) is 4.79 Å². The van der Waals surface area contributed by atoms with Gasteiger partial charge in [0.15, 0.2) is 5.13 Å². The third kappa shape index (κ3) is 1.87. The third-order valence-electron chi connectivity index (χ3n) is 2.51. The Kier molecular flexibility index (Phi) is 2.67. The predicted octanol–water partition coefficient (Wildman–Crippen LogP) is 0.845. The predicted molar refractivity (Wildman–Crippen MR) is 56.2 cm³/mol. The summed E-state index contributed by atoms with van der Waals surface area (Å²) < 4.78 is 0. The number of thiazole rings is 1. The van der Waals surface area contributed by atoms with Crippen molar-refractivity contribution >= 4 is 22.4 Å². The Balaban J connectivity index is 2.04. The van der Waals surface area contributed by atoms with E-state index in [2.05, 4.69) is 9.88 Å². The lowest BCUT2D eigenvalue weighted by Crippen LogP contribution is -2.41. The Bertz CT molecular complexity index is 312. The molecule has 4 nitrogen and oxygen atoms in total. The SMILES string of the molecule is NC(=O)C1CCCN(c2nccs2)C1. The molecule has 14 heavy (non-hydrogen) atoms. The van der Waals surface area contributed by atoms with Gasteiger partial charge in [0.25, 0.3) is 0 Å². The highest BCUT2D eigenvalue weighted by Crippen LogP contribution is 2.24. The molecule has 1 aromatic rings. The molecule has 0 spiro atoms. The third-order valence-corrected chi connectivity index (χ3v) is 3.35. The van der Waals surface area contributed by atoms with Gasteiger partial charge in [-0.15, -0.1) is 11.3 Å². The maximum absolute atomic E-state index is 11.0. The lowest BCUT2D eigenvalue weighted by atomic mass is 9.98. The maximum atomic E-state index is 11.0. The molecular weight excluding hydrogens is 198 g/mol. The van der Waals surface area contributed by atoms with E-state index in [4.69, 9.17) is 5.73 Å². The number of nitrogens with two attached hydrogens (primary N) is 1. The molecule has 2 rings (SSSR count). The zero-order valence-electron chi connectivity index (χ0n) is 7.85. The average molecular weight is 211 g/mol. The first-order chi connectivity index (χ1) is 6.77. The van der Waals surface area contributed by atoms with Crippen LogP contribution in [0.2, 0.25) is 0 Å². The molecule has 1 amide bonds. The van der Waals surface area contributed by atoms with Crippen molar-refractivity contribution in [1.29, 1.82) is 0 Å². The van der Waals surface area contributed by atoms with E-state index in [-0.39, 0.29) is 11.8 Å². The van der Waals surface area contributed by atoms with E-state index in [0.29, 0.717) is 0 Å². The van der Waals surface area contributed by atoms with Crippen LogP contribution >= 0.6 is 11.3 Å². The lowest BCUT2D eigenvalue weighted by Gasteiger charge is -2.30. The van der Waals surface area contributed by atoms with Crippen molar-refractivity contribution in [2.45, 2.75) is 12.8 Å². The quantitative estimate of drug-likeness (QED) is 0.788. The number of primary amides is 1. The minimum Gasteiger partial charge on any atom is -0.369 e. The van der Waals surface area contributed by atoms with E-state index in [9.17, 15) is 4.79 Å². The lowest BCUT2D eigenvalue weighted by molar-refractivity contribution is -0.122. The van der Waals surface area contributed by atoms with Crippen LogP contribution in [0, 0.1) is 5.92 Å². The molecule has 1 saturated heterocycles. The molecule has 1 fully saturated rings. The van der Waals surface area contributed by atoms with Crippen LogP contribution in [0.25, 0.3) is 0 Å². The zero-order valence-corrected chi connectivity index (χ0v) is 8.67. The molecule has 0 radical (unpaired) electrons. The number of hydrogen-bond acceptors (Lipinski definition) is 4. The van der Waals surface area contributed by atoms with Crippen LogP contribution in [-0.4, -0.2) is 24.0 Å². The van der Waals surface area contributed by atoms with E-state index in [1.807, 2.05) is 5.38 Å². The van der Waals surface area contributed by atoms with Crippen molar-refractivity contribution in [3.05, 3.63) is 11.6 Å². The zero-order chi connectivity index (χ0) is 9.97. The van der Waals surface area contributed by atoms with E-state index < -0.39 is 0 Å². The Morgan fingerprint density at radius 3 is 3.21 bits per heavy atom. The van der Waals surface area contributed by atoms with Crippen LogP contribution < -0.4 is 10.6 Å². The fourth-order valence-electron chi connectivity index (χ4n) is 1.76. The van der Waals surface area contributed by atoms with Crippen LogP contribution in [0.3, 0.4) is 0 Å². The van der Waals surface area contributed by atoms with Gasteiger partial charge in [0.2, 0.25) is 5.91 Å². The number of amides is 1. The second kappa shape index (κ2) is 3.96. The Morgan fingerprint density at radius 2 is 2.57 bits per heavy atom. The summed E-state index contributed by atoms with van der Waals surface area (Å²) in [4.78, 5) is 17.4. The second-order valence-electron chi connectivity index (χ2n) is 3.50. The van der Waals surface area contributed by atoms with Crippen LogP contribution in [0.5, 0.6) is 0 Å². The summed E-state index contributed by atoms with van der Waals surface area (Å²) in [6.07, 6.45) is 3.72. The fourth-order valence-corrected chi connectivity index (χ4v) is 2.44. The van der Waals surface area contributed by atoms with Gasteiger partial charge in [0.05, 0.1) is 5.92 Å². The molecule has 0 saturated carbocycles. The van der Waals surface area contributed by atoms with Crippen LogP contribution in [-0.2, 0) is 4.79 Å². The topological polar surface area (TPSA) is 59.2 Å². The number of rotatable bonds is 2. The smallest absolute Gasteiger partial charge is 0.222 e. The average Bonchev–Trinajstić information content (AvgIpc) is 2.71. The molecule has 5 heteroatoms. The van der Waals surface area contributed by atoms with Gasteiger partial charge in [0.1, 0.15) is 0 Å². The molecule has 1 aromatic heterocycles. The van der Waals surface area contributed by atoms with Gasteiger partial charge in [-0.05, 0) is 12.8 Å². The number of carbonyl (C=O) groups is 1. The van der Waals surface area contributed by atoms with Crippen molar-refractivity contribution in [1.82, 2.24) is 4.98 Å². The summed E-state index contributed by atoms with van der Waals surface area (Å²) >= 11 is 1.61. The highest BCUT2D eigenvalue weighted by atomic mass is 32.1. The van der Waals surface area contributed by atoms with Crippen molar-refractivity contribution in [3.63, 3.8) is 0 Å². The summed E-state index contributed by atoms with van der Waals surface area (Å²) in [5, 5.41) is 2.94. The highest BCUT2D eigenvalue weighted by Gasteiger charge is 2.24. The molecule has 1 aliphatic rings. The summed E-state index contributed by atoms with van der Waals surface area (Å²) in [7, 11) is 0. The van der Waals surface area contributed by atoms with Gasteiger partial charge < -0.3 is 10.6 Å². The second-order valence-corrected chi connectivity index (χ2v) is 4.38. The van der Waals surface area contributed by atoms with E-state index in [1.165, 1.54) is 0 Å². The number of carbonyl (C=O) groups excluding carboxylic acids is 1. The Hall–Kier alpha value is -1.10. The summed E-state index contributed by atoms with van der Waals surface area (Å²) in [6.45, 7) is 1.71. The molecule has 1 aliphatic heterocycles. The first-order valence-corrected chi connectivity index (χ1v) is 5.59. The standard InChI is InChI=1S/C9H13N3OS/c10-8(13)7-2-1-4-12(6-7)9-11-3-5-14-9/h3,5,7H,1-2,4,6H2,(H2,10,13). The minimum absolute atomic E-state index is 0.00681. The van der Waals surface area contributed by atoms with Crippen LogP contribution in [0.1, 0.15) is 12.8 Å². The van der Waals surface area contributed by atoms with Crippen LogP contribution in [0.4, 0.5) is 5.13 Å². The largest absolute Gasteiger partial charge is 0.369 e. The molecule has 76 valence electrons. The molecule has 0 aromatic carbocycles. The number of hydrogen-bond donors (Lipinski definition) is 1. The molecule has 0 aliphatic carbocycles. The van der Waals surface area contributed by atoms with Gasteiger partial charge in [-0.1, -0.05) is 0 Å². The number of anilines is 1. The Labute approximate surface area is 86.7 Å². The van der Waals surface area contributed by atoms with Crippen LogP contribution in [0.15, 0.2) is 11.6 Å². The number of piperidine rings is 1. The molecule has 2 N–H and O–H groups in total. The number of aromatic nitrogens is 1. The van der Waals surface area contributed by atoms with Gasteiger partial charge in [-0.25, -0.2) is 4.98 Å². The molecule has 1 unspecified atom stereocenters. The van der Waals surface area contributed by atoms with Gasteiger partial charge in [-0.2, -0.15) is 0 Å². The summed E-state index contributed by atoms with van der Waals surface area (Å²) in [5.74, 6) is -0.195. The minimum atomic E-state index is -0.189. The van der Waals surface area contributed by atoms with Crippen molar-refractivity contribution in [2.75, 3.05) is 18.0 Å². The van der Waals surface area contributed by atoms with E-state index >= 15 is 0 Å². The molecule has 0 bridgehead atoms. The first kappa shape index (κ1) is 9.45. The molecular formula is C9H13N3OS. The van der Waals surface area contributed by atoms with Gasteiger partial charge >= 0.3 is 0 Å². The fraction of sp³-hybridized carbons (Fsp3) is 0.556. The van der Waals surface area contributed by atoms with Crippen molar-refractivity contribution in [2.24, 2.45) is 11.7 Å². The number of nitrogens with zero attached hydrogens (tertiary/aromatic N) is 2. The van der Waals surface area contributed by atoms with Gasteiger partial charge in [0, 0.05) is 24.7 Å². The molecule has 1 atom stereocenters. The maximum Gasteiger partial charge on any atom is 0.222 e. The summed E-state index contributed by atoms with van der Waals surface area (Å²) in [6, 6.07) is 0. The van der Waals surface area contributed by atoms with E-state index in [1.54, 1.807) is 17.5 Å². The van der Waals surface area contributed by atoms with E-state index in [0.717, 1.165) is 31.1 Å². The normalized spacial score (nSPS) is 22.3. The first-order valence-electron chi connectivity index (χ1n) is 4.71. The highest BCUT2D eigenvalue weighted by molar-refractivity contribution is 7.13. The van der Waals surface area contributed by atoms with Crippen molar-refractivity contribution < 1.29 is 4.79 Å². The molecule has 2 heterocycles. The summed E-state index contributed by atoms with van der Waals surface area (Å²) in [5.41, 5.74) is 5.30. The monoisotopic (exact) mass is 211 g/mol.